The predicted molar refractivity (Wildman–Crippen MR) is 90.8 cm³/mol. The van der Waals surface area contributed by atoms with Crippen molar-refractivity contribution < 1.29 is 9.18 Å². The Morgan fingerprint density at radius 3 is 2.61 bits per heavy atom. The number of hydrogen-bond donors (Lipinski definition) is 1. The molecule has 1 aliphatic rings. The minimum atomic E-state index is -0.497. The molecule has 1 aliphatic carbocycles. The molecule has 2 atom stereocenters. The number of benzene rings is 2. The molecule has 0 heterocycles. The first-order chi connectivity index (χ1) is 11.0. The zero-order valence-electron chi connectivity index (χ0n) is 12.6. The van der Waals surface area contributed by atoms with E-state index in [0.29, 0.717) is 15.6 Å². The van der Waals surface area contributed by atoms with Crippen molar-refractivity contribution in [2.75, 3.05) is 0 Å². The van der Waals surface area contributed by atoms with E-state index < -0.39 is 5.82 Å². The van der Waals surface area contributed by atoms with E-state index in [2.05, 4.69) is 5.32 Å². The number of carbonyl (C=O) groups is 1. The van der Waals surface area contributed by atoms with E-state index in [1.54, 1.807) is 31.2 Å². The van der Waals surface area contributed by atoms with Gasteiger partial charge in [-0.3, -0.25) is 4.79 Å². The maximum absolute atomic E-state index is 13.9. The first kappa shape index (κ1) is 16.3. The van der Waals surface area contributed by atoms with Crippen LogP contribution >= 0.6 is 23.2 Å². The second-order valence-electron chi connectivity index (χ2n) is 5.86. The highest BCUT2D eigenvalue weighted by Gasteiger charge is 2.35. The molecular formula is C18H16Cl2FNO. The summed E-state index contributed by atoms with van der Waals surface area (Å²) < 4.78 is 13.9. The third-order valence-corrected chi connectivity index (χ3v) is 4.96. The molecule has 0 aromatic heterocycles. The Kier molecular flexibility index (Phi) is 4.60. The molecule has 1 saturated carbocycles. The molecule has 0 radical (unpaired) electrons. The summed E-state index contributed by atoms with van der Waals surface area (Å²) in [6.45, 7) is 1.73. The molecule has 0 aliphatic heterocycles. The van der Waals surface area contributed by atoms with E-state index in [1.165, 1.54) is 6.07 Å². The predicted octanol–water partition coefficient (Wildman–Crippen LogP) is 5.12. The Morgan fingerprint density at radius 1 is 1.22 bits per heavy atom. The van der Waals surface area contributed by atoms with Gasteiger partial charge < -0.3 is 5.32 Å². The smallest absolute Gasteiger partial charge is 0.254 e. The van der Waals surface area contributed by atoms with Crippen LogP contribution in [0.1, 0.15) is 40.2 Å². The summed E-state index contributed by atoms with van der Waals surface area (Å²) in [6.07, 6.45) is 1.78. The molecule has 1 N–H and O–H groups in total. The number of nitrogens with one attached hydrogen (secondary N) is 1. The Morgan fingerprint density at radius 2 is 2.00 bits per heavy atom. The zero-order chi connectivity index (χ0) is 16.6. The minimum Gasteiger partial charge on any atom is -0.349 e. The van der Waals surface area contributed by atoms with Gasteiger partial charge in [-0.1, -0.05) is 41.4 Å². The van der Waals surface area contributed by atoms with Gasteiger partial charge in [-0.25, -0.2) is 4.39 Å². The number of carbonyl (C=O) groups excluding carboxylic acids is 1. The van der Waals surface area contributed by atoms with Gasteiger partial charge in [0.25, 0.3) is 5.91 Å². The molecular weight excluding hydrogens is 336 g/mol. The van der Waals surface area contributed by atoms with Crippen molar-refractivity contribution in [1.29, 1.82) is 0 Å². The normalized spacial score (nSPS) is 20.0. The summed E-state index contributed by atoms with van der Waals surface area (Å²) in [5.74, 6) is -0.737. The van der Waals surface area contributed by atoms with Gasteiger partial charge in [0.1, 0.15) is 5.82 Å². The summed E-state index contributed by atoms with van der Waals surface area (Å²) in [7, 11) is 0. The number of rotatable bonds is 3. The standard InChI is InChI=1S/C18H16Cl2FNO/c1-10-3-2-4-15(21)17(10)18(23)22-16-8-7-13(16)12-6-5-11(19)9-14(12)20/h2-6,9,13,16H,7-8H2,1H3,(H,22,23)/t13-,16-/m0/s1. The lowest BCUT2D eigenvalue weighted by molar-refractivity contribution is 0.0900. The highest BCUT2D eigenvalue weighted by Crippen LogP contribution is 2.41. The lowest BCUT2D eigenvalue weighted by Gasteiger charge is -2.38. The maximum atomic E-state index is 13.9. The van der Waals surface area contributed by atoms with Gasteiger partial charge in [-0.2, -0.15) is 0 Å². The average Bonchev–Trinajstić information content (AvgIpc) is 2.46. The fourth-order valence-electron chi connectivity index (χ4n) is 3.01. The molecule has 0 unspecified atom stereocenters. The van der Waals surface area contributed by atoms with Gasteiger partial charge >= 0.3 is 0 Å². The van der Waals surface area contributed by atoms with Crippen molar-refractivity contribution in [1.82, 2.24) is 5.32 Å². The van der Waals surface area contributed by atoms with Crippen LogP contribution in [0, 0.1) is 12.7 Å². The minimum absolute atomic E-state index is 0.0415. The van der Waals surface area contributed by atoms with E-state index in [1.807, 2.05) is 6.07 Å². The van der Waals surface area contributed by atoms with Gasteiger partial charge in [0.2, 0.25) is 0 Å². The fraction of sp³-hybridized carbons (Fsp3) is 0.278. The third-order valence-electron chi connectivity index (χ3n) is 4.40. The molecule has 0 saturated heterocycles. The van der Waals surface area contributed by atoms with Crippen molar-refractivity contribution in [2.24, 2.45) is 0 Å². The second kappa shape index (κ2) is 6.50. The van der Waals surface area contributed by atoms with Crippen LogP contribution < -0.4 is 5.32 Å². The zero-order valence-corrected chi connectivity index (χ0v) is 14.1. The van der Waals surface area contributed by atoms with Gasteiger partial charge in [0, 0.05) is 22.0 Å². The van der Waals surface area contributed by atoms with E-state index in [9.17, 15) is 9.18 Å². The Bertz CT molecular complexity index is 742. The lowest BCUT2D eigenvalue weighted by Crippen LogP contribution is -2.45. The molecule has 23 heavy (non-hydrogen) atoms. The van der Waals surface area contributed by atoms with Crippen LogP contribution in [-0.2, 0) is 0 Å². The van der Waals surface area contributed by atoms with Gasteiger partial charge in [0.05, 0.1) is 5.56 Å². The fourth-order valence-corrected chi connectivity index (χ4v) is 3.56. The monoisotopic (exact) mass is 351 g/mol. The topological polar surface area (TPSA) is 29.1 Å². The lowest BCUT2D eigenvalue weighted by atomic mass is 9.75. The first-order valence-electron chi connectivity index (χ1n) is 7.48. The molecule has 2 aromatic rings. The van der Waals surface area contributed by atoms with E-state index in [-0.39, 0.29) is 23.4 Å². The van der Waals surface area contributed by atoms with Crippen LogP contribution in [0.4, 0.5) is 4.39 Å². The Labute approximate surface area is 144 Å². The van der Waals surface area contributed by atoms with Gasteiger partial charge in [-0.05, 0) is 49.1 Å². The third kappa shape index (κ3) is 3.22. The largest absolute Gasteiger partial charge is 0.349 e. The molecule has 5 heteroatoms. The quantitative estimate of drug-likeness (QED) is 0.817. The summed E-state index contributed by atoms with van der Waals surface area (Å²) in [6, 6.07) is 9.98. The summed E-state index contributed by atoms with van der Waals surface area (Å²) in [5, 5.41) is 4.12. The maximum Gasteiger partial charge on any atom is 0.254 e. The molecule has 0 bridgehead atoms. The van der Waals surface area contributed by atoms with Crippen LogP contribution in [0.15, 0.2) is 36.4 Å². The van der Waals surface area contributed by atoms with Crippen molar-refractivity contribution in [3.63, 3.8) is 0 Å². The van der Waals surface area contributed by atoms with E-state index in [0.717, 1.165) is 18.4 Å². The first-order valence-corrected chi connectivity index (χ1v) is 8.24. The summed E-state index contributed by atoms with van der Waals surface area (Å²) in [4.78, 5) is 12.4. The van der Waals surface area contributed by atoms with Gasteiger partial charge in [-0.15, -0.1) is 0 Å². The Balaban J connectivity index is 1.77. The van der Waals surface area contributed by atoms with E-state index >= 15 is 0 Å². The van der Waals surface area contributed by atoms with E-state index in [4.69, 9.17) is 23.2 Å². The Hall–Kier alpha value is -1.58. The highest BCUT2D eigenvalue weighted by atomic mass is 35.5. The molecule has 1 fully saturated rings. The van der Waals surface area contributed by atoms with Crippen molar-refractivity contribution in [3.8, 4) is 0 Å². The number of hydrogen-bond acceptors (Lipinski definition) is 1. The number of aryl methyl sites for hydroxylation is 1. The SMILES string of the molecule is Cc1cccc(F)c1C(=O)N[C@H]1CC[C@H]1c1ccc(Cl)cc1Cl. The van der Waals surface area contributed by atoms with Crippen molar-refractivity contribution in [3.05, 3.63) is 69.0 Å². The molecule has 120 valence electrons. The molecule has 2 nitrogen and oxygen atoms in total. The molecule has 2 aromatic carbocycles. The van der Waals surface area contributed by atoms with Gasteiger partial charge in [0.15, 0.2) is 0 Å². The highest BCUT2D eigenvalue weighted by molar-refractivity contribution is 6.35. The van der Waals surface area contributed by atoms with Crippen LogP contribution in [0.5, 0.6) is 0 Å². The number of amides is 1. The number of halogens is 3. The average molecular weight is 352 g/mol. The van der Waals surface area contributed by atoms with Crippen LogP contribution in [-0.4, -0.2) is 11.9 Å². The molecule has 1 amide bonds. The summed E-state index contributed by atoms with van der Waals surface area (Å²) >= 11 is 12.2. The van der Waals surface area contributed by atoms with Crippen LogP contribution in [0.2, 0.25) is 10.0 Å². The van der Waals surface area contributed by atoms with Crippen LogP contribution in [0.25, 0.3) is 0 Å². The second-order valence-corrected chi connectivity index (χ2v) is 6.71. The molecule has 0 spiro atoms. The summed E-state index contributed by atoms with van der Waals surface area (Å²) in [5.41, 5.74) is 1.71. The van der Waals surface area contributed by atoms with Crippen LogP contribution in [0.3, 0.4) is 0 Å². The van der Waals surface area contributed by atoms with Crippen molar-refractivity contribution in [2.45, 2.75) is 31.7 Å². The van der Waals surface area contributed by atoms with Crippen molar-refractivity contribution >= 4 is 29.1 Å². The molecule has 3 rings (SSSR count).